The summed E-state index contributed by atoms with van der Waals surface area (Å²) in [6.07, 6.45) is 1.33. The van der Waals surface area contributed by atoms with Crippen molar-refractivity contribution in [3.05, 3.63) is 47.6 Å². The molecule has 2 aromatic rings. The number of aryl methyl sites for hydroxylation is 1. The summed E-state index contributed by atoms with van der Waals surface area (Å²) in [7, 11) is 1.52. The molecule has 0 aliphatic carbocycles. The zero-order valence-electron chi connectivity index (χ0n) is 19.2. The van der Waals surface area contributed by atoms with E-state index in [2.05, 4.69) is 10.3 Å². The van der Waals surface area contributed by atoms with Gasteiger partial charge in [0.15, 0.2) is 0 Å². The Bertz CT molecular complexity index is 1120. The van der Waals surface area contributed by atoms with Crippen molar-refractivity contribution in [1.82, 2.24) is 14.9 Å². The molecule has 2 fully saturated rings. The number of benzene rings is 1. The molecule has 4 rings (SSSR count). The first-order valence-electron chi connectivity index (χ1n) is 11.3. The predicted molar refractivity (Wildman–Crippen MR) is 119 cm³/mol. The summed E-state index contributed by atoms with van der Waals surface area (Å²) in [5, 5.41) is 3.10. The lowest BCUT2D eigenvalue weighted by Gasteiger charge is -2.44. The maximum absolute atomic E-state index is 13.7. The number of quaternary nitrogens is 1. The van der Waals surface area contributed by atoms with Crippen molar-refractivity contribution in [3.8, 4) is 11.4 Å². The molecule has 3 heterocycles. The Balaban J connectivity index is 1.72. The number of hydrogen-bond donors (Lipinski definition) is 1. The van der Waals surface area contributed by atoms with Crippen molar-refractivity contribution in [1.29, 1.82) is 0 Å². The van der Waals surface area contributed by atoms with Crippen molar-refractivity contribution >= 4 is 17.9 Å². The number of halogens is 3. The topological polar surface area (TPSA) is 73.2 Å². The Morgan fingerprint density at radius 3 is 2.65 bits per heavy atom. The van der Waals surface area contributed by atoms with Crippen molar-refractivity contribution in [2.75, 3.05) is 26.7 Å². The number of alkyl halides is 3. The van der Waals surface area contributed by atoms with Crippen LogP contribution in [0.3, 0.4) is 0 Å². The van der Waals surface area contributed by atoms with Gasteiger partial charge in [-0.2, -0.15) is 17.7 Å². The Morgan fingerprint density at radius 2 is 2.03 bits per heavy atom. The molecule has 0 spiro atoms. The van der Waals surface area contributed by atoms with E-state index >= 15 is 0 Å². The molecule has 2 aliphatic heterocycles. The molecule has 2 aliphatic rings. The molecule has 2 saturated heterocycles. The smallest absolute Gasteiger partial charge is 0.495 e. The first kappa shape index (κ1) is 24.2. The van der Waals surface area contributed by atoms with E-state index in [0.717, 1.165) is 11.4 Å². The fraction of sp³-hybridized carbons (Fsp3) is 0.458. The van der Waals surface area contributed by atoms with Gasteiger partial charge in [0, 0.05) is 38.5 Å². The number of nitrogens with one attached hydrogen (secondary N) is 1. The second-order valence-corrected chi connectivity index (χ2v) is 8.81. The number of imide groups is 1. The molecular formula is C24H28F3N4O3+. The van der Waals surface area contributed by atoms with E-state index in [1.165, 1.54) is 7.11 Å². The molecule has 10 heteroatoms. The average Bonchev–Trinajstić information content (AvgIpc) is 3.26. The second kappa shape index (κ2) is 9.34. The fourth-order valence-corrected chi connectivity index (χ4v) is 5.05. The molecule has 0 bridgehead atoms. The number of carbonyl (C=O) groups is 2. The van der Waals surface area contributed by atoms with Gasteiger partial charge in [0.25, 0.3) is 0 Å². The number of nitrogens with zero attached hydrogens (tertiary/aromatic N) is 3. The highest BCUT2D eigenvalue weighted by atomic mass is 19.4. The predicted octanol–water partition coefficient (Wildman–Crippen LogP) is 3.55. The average molecular weight is 478 g/mol. The third-order valence-electron chi connectivity index (χ3n) is 6.67. The van der Waals surface area contributed by atoms with Crippen LogP contribution in [0, 0.1) is 6.92 Å². The van der Waals surface area contributed by atoms with Crippen molar-refractivity contribution in [2.45, 2.75) is 44.8 Å². The third kappa shape index (κ3) is 4.39. The number of ether oxygens (including phenoxy) is 1. The van der Waals surface area contributed by atoms with Crippen LogP contribution >= 0.6 is 0 Å². The molecule has 34 heavy (non-hydrogen) atoms. The van der Waals surface area contributed by atoms with E-state index in [0.29, 0.717) is 50.1 Å². The van der Waals surface area contributed by atoms with E-state index < -0.39 is 28.5 Å². The second-order valence-electron chi connectivity index (χ2n) is 8.81. The van der Waals surface area contributed by atoms with Crippen LogP contribution in [0.15, 0.2) is 36.3 Å². The monoisotopic (exact) mass is 477 g/mol. The van der Waals surface area contributed by atoms with Crippen LogP contribution in [0.4, 0.5) is 13.2 Å². The number of likely N-dealkylation sites (tertiary alicyclic amines) is 1. The minimum atomic E-state index is -5.09. The van der Waals surface area contributed by atoms with E-state index in [9.17, 15) is 22.8 Å². The Labute approximate surface area is 195 Å². The normalized spacial score (nSPS) is 23.3. The zero-order chi connectivity index (χ0) is 24.5. The SMILES string of the molecule is COc1cc(C=C2CCC[N+](C(=O)C(F)(F)F)(C3CCNCC3)C2=O)ccc1-n1cnc(C)c1. The van der Waals surface area contributed by atoms with E-state index in [1.54, 1.807) is 35.2 Å². The van der Waals surface area contributed by atoms with Crippen LogP contribution < -0.4 is 10.1 Å². The van der Waals surface area contributed by atoms with Gasteiger partial charge in [-0.3, -0.25) is 0 Å². The van der Waals surface area contributed by atoms with Crippen molar-refractivity contribution < 1.29 is 32.0 Å². The molecule has 0 radical (unpaired) electrons. The largest absolute Gasteiger partial charge is 0.510 e. The summed E-state index contributed by atoms with van der Waals surface area (Å²) in [5.41, 5.74) is 2.43. The van der Waals surface area contributed by atoms with E-state index in [4.69, 9.17) is 4.74 Å². The molecule has 2 amide bonds. The minimum absolute atomic E-state index is 0.124. The molecule has 0 saturated carbocycles. The fourth-order valence-electron chi connectivity index (χ4n) is 5.05. The molecule has 182 valence electrons. The van der Waals surface area contributed by atoms with Gasteiger partial charge in [-0.1, -0.05) is 6.07 Å². The number of amides is 2. The number of imidazole rings is 1. The standard InChI is InChI=1S/C24H28F3N4O3/c1-16-14-30(15-29-16)20-6-5-17(13-21(20)34-2)12-18-4-3-11-31(22(18)32,23(33)24(25,26)27)19-7-9-28-10-8-19/h5-6,12-15,19,28H,3-4,7-11H2,1-2H3/q+1. The maximum atomic E-state index is 13.7. The summed E-state index contributed by atoms with van der Waals surface area (Å²) in [6, 6.07) is 4.61. The number of hydrogen-bond acceptors (Lipinski definition) is 5. The number of aromatic nitrogens is 2. The lowest BCUT2D eigenvalue weighted by Crippen LogP contribution is -2.69. The van der Waals surface area contributed by atoms with Crippen LogP contribution in [-0.4, -0.2) is 64.8 Å². The Hall–Kier alpha value is -2.98. The van der Waals surface area contributed by atoms with Gasteiger partial charge in [-0.25, -0.2) is 14.6 Å². The number of rotatable bonds is 4. The van der Waals surface area contributed by atoms with Crippen molar-refractivity contribution in [2.24, 2.45) is 0 Å². The third-order valence-corrected chi connectivity index (χ3v) is 6.67. The van der Waals surface area contributed by atoms with Crippen LogP contribution in [0.2, 0.25) is 0 Å². The number of piperidine rings is 2. The van der Waals surface area contributed by atoms with Gasteiger partial charge in [0.05, 0.1) is 36.9 Å². The summed E-state index contributed by atoms with van der Waals surface area (Å²) < 4.78 is 47.2. The summed E-state index contributed by atoms with van der Waals surface area (Å²) in [5.74, 6) is -2.17. The van der Waals surface area contributed by atoms with Gasteiger partial charge in [-0.05, 0) is 37.1 Å². The van der Waals surface area contributed by atoms with E-state index in [1.807, 2.05) is 13.1 Å². The van der Waals surface area contributed by atoms with Crippen LogP contribution in [0.25, 0.3) is 11.8 Å². The molecular weight excluding hydrogens is 449 g/mol. The number of carbonyl (C=O) groups excluding carboxylic acids is 2. The Kier molecular flexibility index (Phi) is 6.64. The van der Waals surface area contributed by atoms with Gasteiger partial charge in [0.2, 0.25) is 0 Å². The quantitative estimate of drug-likeness (QED) is 0.539. The molecule has 7 nitrogen and oxygen atoms in total. The molecule has 1 N–H and O–H groups in total. The maximum Gasteiger partial charge on any atom is 0.510 e. The highest BCUT2D eigenvalue weighted by Gasteiger charge is 2.63. The van der Waals surface area contributed by atoms with Gasteiger partial charge in [-0.15, -0.1) is 0 Å². The zero-order valence-corrected chi connectivity index (χ0v) is 19.2. The van der Waals surface area contributed by atoms with Gasteiger partial charge in [0.1, 0.15) is 11.8 Å². The highest BCUT2D eigenvalue weighted by Crippen LogP contribution is 2.37. The molecule has 1 aromatic heterocycles. The summed E-state index contributed by atoms with van der Waals surface area (Å²) in [6.45, 7) is 2.70. The first-order chi connectivity index (χ1) is 16.2. The molecule has 1 atom stereocenters. The molecule has 1 aromatic carbocycles. The van der Waals surface area contributed by atoms with Crippen LogP contribution in [0.5, 0.6) is 5.75 Å². The first-order valence-corrected chi connectivity index (χ1v) is 11.3. The van der Waals surface area contributed by atoms with Gasteiger partial charge >= 0.3 is 18.0 Å². The highest BCUT2D eigenvalue weighted by molar-refractivity contribution is 6.00. The van der Waals surface area contributed by atoms with Crippen molar-refractivity contribution in [3.63, 3.8) is 0 Å². The van der Waals surface area contributed by atoms with Crippen LogP contribution in [0.1, 0.15) is 36.9 Å². The minimum Gasteiger partial charge on any atom is -0.495 e. The lowest BCUT2D eigenvalue weighted by molar-refractivity contribution is -0.814. The van der Waals surface area contributed by atoms with Gasteiger partial charge < -0.3 is 14.6 Å². The summed E-state index contributed by atoms with van der Waals surface area (Å²) >= 11 is 0. The lowest BCUT2D eigenvalue weighted by atomic mass is 9.91. The summed E-state index contributed by atoms with van der Waals surface area (Å²) in [4.78, 5) is 30.5. The number of methoxy groups -OCH3 is 1. The molecule has 1 unspecified atom stereocenters. The van der Waals surface area contributed by atoms with Crippen LogP contribution in [-0.2, 0) is 9.59 Å². The Morgan fingerprint density at radius 1 is 1.29 bits per heavy atom. The van der Waals surface area contributed by atoms with E-state index in [-0.39, 0.29) is 12.1 Å².